The minimum atomic E-state index is -3.04. The van der Waals surface area contributed by atoms with Crippen molar-refractivity contribution in [3.8, 4) is 0 Å². The minimum Gasteiger partial charge on any atom is -0.355 e. The summed E-state index contributed by atoms with van der Waals surface area (Å²) in [5, 5.41) is 2.82. The molecule has 120 valence electrons. The second-order valence-corrected chi connectivity index (χ2v) is 8.89. The van der Waals surface area contributed by atoms with Crippen molar-refractivity contribution in [2.75, 3.05) is 25.1 Å². The van der Waals surface area contributed by atoms with Gasteiger partial charge in [-0.25, -0.2) is 8.42 Å². The van der Waals surface area contributed by atoms with E-state index in [0.29, 0.717) is 31.7 Å². The highest BCUT2D eigenvalue weighted by Gasteiger charge is 2.58. The van der Waals surface area contributed by atoms with Crippen LogP contribution in [0.5, 0.6) is 0 Å². The maximum absolute atomic E-state index is 12.6. The number of nitrogens with one attached hydrogen (secondary N) is 1. The van der Waals surface area contributed by atoms with Crippen molar-refractivity contribution in [2.24, 2.45) is 11.3 Å². The Morgan fingerprint density at radius 1 is 1.33 bits per heavy atom. The Labute approximate surface area is 126 Å². The van der Waals surface area contributed by atoms with Gasteiger partial charge in [0.1, 0.15) is 5.41 Å². The summed E-state index contributed by atoms with van der Waals surface area (Å²) in [6.07, 6.45) is 1.58. The van der Waals surface area contributed by atoms with Crippen LogP contribution in [0.15, 0.2) is 0 Å². The fourth-order valence-corrected chi connectivity index (χ4v) is 4.49. The molecule has 21 heavy (non-hydrogen) atoms. The van der Waals surface area contributed by atoms with Gasteiger partial charge >= 0.3 is 0 Å². The number of sulfone groups is 1. The Hall–Kier alpha value is -1.11. The van der Waals surface area contributed by atoms with E-state index < -0.39 is 15.3 Å². The van der Waals surface area contributed by atoms with E-state index in [1.54, 1.807) is 7.05 Å². The molecule has 1 N–H and O–H groups in total. The zero-order valence-electron chi connectivity index (χ0n) is 12.9. The van der Waals surface area contributed by atoms with Crippen LogP contribution in [-0.4, -0.2) is 56.3 Å². The highest BCUT2D eigenvalue weighted by molar-refractivity contribution is 7.91. The van der Waals surface area contributed by atoms with Gasteiger partial charge in [-0.3, -0.25) is 9.59 Å². The summed E-state index contributed by atoms with van der Waals surface area (Å²) in [5.74, 6) is 0.0261. The molecule has 7 heteroatoms. The molecular formula is C14H24N2O4S. The summed E-state index contributed by atoms with van der Waals surface area (Å²) in [6.45, 7) is 4.55. The highest BCUT2D eigenvalue weighted by atomic mass is 32.2. The van der Waals surface area contributed by atoms with Gasteiger partial charge in [0.25, 0.3) is 0 Å². The summed E-state index contributed by atoms with van der Waals surface area (Å²) >= 11 is 0. The standard InChI is InChI=1S/C14H24N2O4S/c1-10(2)8-15-12(17)14(5-6-14)13(18)16(3)11-4-7-21(19,20)9-11/h10-11H,4-9H2,1-3H3,(H,15,17). The SMILES string of the molecule is CC(C)CNC(=O)C1(C(=O)N(C)C2CCS(=O)(=O)C2)CC1. The molecular weight excluding hydrogens is 292 g/mol. The third kappa shape index (κ3) is 3.39. The van der Waals surface area contributed by atoms with Gasteiger partial charge in [-0.05, 0) is 25.2 Å². The summed E-state index contributed by atoms with van der Waals surface area (Å²) < 4.78 is 23.1. The van der Waals surface area contributed by atoms with Crippen LogP contribution < -0.4 is 5.32 Å². The second-order valence-electron chi connectivity index (χ2n) is 6.66. The number of hydrogen-bond acceptors (Lipinski definition) is 4. The Kier molecular flexibility index (Phi) is 4.33. The van der Waals surface area contributed by atoms with Crippen LogP contribution >= 0.6 is 0 Å². The van der Waals surface area contributed by atoms with Crippen molar-refractivity contribution in [2.45, 2.75) is 39.2 Å². The van der Waals surface area contributed by atoms with Crippen molar-refractivity contribution < 1.29 is 18.0 Å². The fraction of sp³-hybridized carbons (Fsp3) is 0.857. The zero-order valence-corrected chi connectivity index (χ0v) is 13.7. The molecule has 1 aliphatic heterocycles. The maximum Gasteiger partial charge on any atom is 0.238 e. The number of rotatable bonds is 5. The summed E-state index contributed by atoms with van der Waals surface area (Å²) in [4.78, 5) is 26.3. The van der Waals surface area contributed by atoms with Crippen molar-refractivity contribution in [3.05, 3.63) is 0 Å². The van der Waals surface area contributed by atoms with E-state index in [2.05, 4.69) is 5.32 Å². The van der Waals surface area contributed by atoms with E-state index in [9.17, 15) is 18.0 Å². The Morgan fingerprint density at radius 2 is 1.95 bits per heavy atom. The molecule has 6 nitrogen and oxygen atoms in total. The average Bonchev–Trinajstić information content (AvgIpc) is 3.13. The quantitative estimate of drug-likeness (QED) is 0.734. The van der Waals surface area contributed by atoms with Crippen LogP contribution in [0, 0.1) is 11.3 Å². The first-order chi connectivity index (χ1) is 9.68. The smallest absolute Gasteiger partial charge is 0.238 e. The normalized spacial score (nSPS) is 25.6. The molecule has 2 rings (SSSR count). The second kappa shape index (κ2) is 5.59. The predicted molar refractivity (Wildman–Crippen MR) is 79.3 cm³/mol. The van der Waals surface area contributed by atoms with Gasteiger partial charge in [0.05, 0.1) is 11.5 Å². The van der Waals surface area contributed by atoms with Gasteiger partial charge in [0.15, 0.2) is 9.84 Å². The molecule has 1 saturated carbocycles. The first-order valence-electron chi connectivity index (χ1n) is 7.44. The Bertz CT molecular complexity index is 537. The van der Waals surface area contributed by atoms with Crippen LogP contribution in [-0.2, 0) is 19.4 Å². The molecule has 0 bridgehead atoms. The summed E-state index contributed by atoms with van der Waals surface area (Å²) in [6, 6.07) is -0.294. The molecule has 1 heterocycles. The van der Waals surface area contributed by atoms with Gasteiger partial charge in [-0.15, -0.1) is 0 Å². The molecule has 1 atom stereocenters. The number of amides is 2. The number of carbonyl (C=O) groups is 2. The lowest BCUT2D eigenvalue weighted by Crippen LogP contribution is -2.48. The topological polar surface area (TPSA) is 83.6 Å². The Morgan fingerprint density at radius 3 is 2.38 bits per heavy atom. The third-order valence-electron chi connectivity index (χ3n) is 4.34. The lowest BCUT2D eigenvalue weighted by Gasteiger charge is -2.27. The van der Waals surface area contributed by atoms with E-state index in [-0.39, 0.29) is 29.4 Å². The van der Waals surface area contributed by atoms with E-state index in [0.717, 1.165) is 0 Å². The van der Waals surface area contributed by atoms with Gasteiger partial charge < -0.3 is 10.2 Å². The van der Waals surface area contributed by atoms with Crippen molar-refractivity contribution in [1.82, 2.24) is 10.2 Å². The van der Waals surface area contributed by atoms with E-state index in [1.807, 2.05) is 13.8 Å². The first kappa shape index (κ1) is 16.3. The fourth-order valence-electron chi connectivity index (χ4n) is 2.71. The molecule has 0 aromatic carbocycles. The third-order valence-corrected chi connectivity index (χ3v) is 6.09. The van der Waals surface area contributed by atoms with Crippen LogP contribution in [0.25, 0.3) is 0 Å². The molecule has 0 radical (unpaired) electrons. The molecule has 2 aliphatic rings. The minimum absolute atomic E-state index is 0.0128. The molecule has 1 unspecified atom stereocenters. The monoisotopic (exact) mass is 316 g/mol. The van der Waals surface area contributed by atoms with Crippen LogP contribution in [0.1, 0.15) is 33.1 Å². The largest absolute Gasteiger partial charge is 0.355 e. The summed E-state index contributed by atoms with van der Waals surface area (Å²) in [7, 11) is -1.42. The predicted octanol–water partition coefficient (Wildman–Crippen LogP) is 0.184. The van der Waals surface area contributed by atoms with Crippen LogP contribution in [0.3, 0.4) is 0 Å². The summed E-state index contributed by atoms with van der Waals surface area (Å²) in [5.41, 5.74) is -0.948. The number of nitrogens with zero attached hydrogens (tertiary/aromatic N) is 1. The van der Waals surface area contributed by atoms with Gasteiger partial charge in [-0.2, -0.15) is 0 Å². The lowest BCUT2D eigenvalue weighted by atomic mass is 10.0. The van der Waals surface area contributed by atoms with Crippen molar-refractivity contribution in [3.63, 3.8) is 0 Å². The van der Waals surface area contributed by atoms with Gasteiger partial charge in [0.2, 0.25) is 11.8 Å². The highest BCUT2D eigenvalue weighted by Crippen LogP contribution is 2.47. The molecule has 2 fully saturated rings. The van der Waals surface area contributed by atoms with E-state index >= 15 is 0 Å². The van der Waals surface area contributed by atoms with Gasteiger partial charge in [-0.1, -0.05) is 13.8 Å². The molecule has 0 spiro atoms. The average molecular weight is 316 g/mol. The number of hydrogen-bond donors (Lipinski definition) is 1. The first-order valence-corrected chi connectivity index (χ1v) is 9.26. The number of carbonyl (C=O) groups excluding carboxylic acids is 2. The molecule has 2 amide bonds. The van der Waals surface area contributed by atoms with Crippen LogP contribution in [0.2, 0.25) is 0 Å². The molecule has 0 aromatic rings. The lowest BCUT2D eigenvalue weighted by molar-refractivity contribution is -0.144. The maximum atomic E-state index is 12.6. The Balaban J connectivity index is 2.00. The van der Waals surface area contributed by atoms with Crippen molar-refractivity contribution >= 4 is 21.7 Å². The van der Waals surface area contributed by atoms with E-state index in [4.69, 9.17) is 0 Å². The molecule has 1 saturated heterocycles. The van der Waals surface area contributed by atoms with Gasteiger partial charge in [0, 0.05) is 19.6 Å². The molecule has 1 aliphatic carbocycles. The van der Waals surface area contributed by atoms with Crippen molar-refractivity contribution in [1.29, 1.82) is 0 Å². The molecule has 0 aromatic heterocycles. The van der Waals surface area contributed by atoms with Crippen LogP contribution in [0.4, 0.5) is 0 Å². The zero-order chi connectivity index (χ0) is 15.8. The van der Waals surface area contributed by atoms with E-state index in [1.165, 1.54) is 4.90 Å².